The Morgan fingerprint density at radius 2 is 1.76 bits per heavy atom. The fraction of sp³-hybridized carbons (Fsp3) is 0.345. The largest absolute Gasteiger partial charge is 0.322 e. The Hall–Kier alpha value is -2.58. The predicted molar refractivity (Wildman–Crippen MR) is 146 cm³/mol. The fourth-order valence-corrected chi connectivity index (χ4v) is 5.68. The van der Waals surface area contributed by atoms with E-state index in [1.54, 1.807) is 19.1 Å². The Morgan fingerprint density at radius 1 is 1.05 bits per heavy atom. The average Bonchev–Trinajstić information content (AvgIpc) is 3.08. The molecule has 4 atom stereocenters. The van der Waals surface area contributed by atoms with Crippen molar-refractivity contribution in [3.05, 3.63) is 98.8 Å². The van der Waals surface area contributed by atoms with Crippen LogP contribution in [0.15, 0.2) is 54.6 Å². The minimum Gasteiger partial charge on any atom is -0.322 e. The van der Waals surface area contributed by atoms with Crippen molar-refractivity contribution in [2.45, 2.75) is 57.7 Å². The summed E-state index contributed by atoms with van der Waals surface area (Å²) in [6, 6.07) is 11.1. The number of rotatable bonds is 5. The number of hydrogen-bond donors (Lipinski definition) is 3. The molecule has 1 aliphatic heterocycles. The highest BCUT2D eigenvalue weighted by Crippen LogP contribution is 2.50. The monoisotopic (exact) mass is 563 g/mol. The summed E-state index contributed by atoms with van der Waals surface area (Å²) >= 11 is 12.2. The van der Waals surface area contributed by atoms with Gasteiger partial charge >= 0.3 is 0 Å². The number of carbonyl (C=O) groups excluding carboxylic acids is 1. The van der Waals surface area contributed by atoms with E-state index in [1.807, 2.05) is 20.8 Å². The van der Waals surface area contributed by atoms with Crippen LogP contribution in [0.1, 0.15) is 49.8 Å². The number of carbonyl (C=O) groups is 1. The van der Waals surface area contributed by atoms with Crippen LogP contribution in [0.5, 0.6) is 0 Å². The summed E-state index contributed by atoms with van der Waals surface area (Å²) in [5.74, 6) is -3.81. The molecule has 4 unspecified atom stereocenters. The van der Waals surface area contributed by atoms with Gasteiger partial charge in [0.1, 0.15) is 17.5 Å². The summed E-state index contributed by atoms with van der Waals surface area (Å²) in [6.45, 7) is 7.68. The summed E-state index contributed by atoms with van der Waals surface area (Å²) in [4.78, 5) is 13.7. The molecule has 0 spiro atoms. The summed E-state index contributed by atoms with van der Waals surface area (Å²) in [6.07, 6.45) is 0.410. The number of anilines is 1. The third-order valence-corrected chi connectivity index (χ3v) is 7.53. The minimum absolute atomic E-state index is 0.0349. The SMILES string of the molecule is Cc1ccc(NC(=O)C2NC(CC(C)(C)C)C(N)(c3ccc(Cl)cc3F)C2c2cccc(Cl)c2F)c(F)c1. The summed E-state index contributed by atoms with van der Waals surface area (Å²) in [5.41, 5.74) is 5.99. The van der Waals surface area contributed by atoms with E-state index in [1.165, 1.54) is 36.4 Å². The molecule has 4 rings (SSSR count). The number of nitrogens with one attached hydrogen (secondary N) is 2. The first-order chi connectivity index (χ1) is 17.7. The van der Waals surface area contributed by atoms with Gasteiger partial charge < -0.3 is 16.4 Å². The molecular formula is C29H30Cl2F3N3O. The molecule has 1 amide bonds. The molecule has 0 bridgehead atoms. The van der Waals surface area contributed by atoms with Crippen LogP contribution in [0.25, 0.3) is 0 Å². The average molecular weight is 564 g/mol. The molecule has 4 N–H and O–H groups in total. The molecule has 1 heterocycles. The van der Waals surface area contributed by atoms with Gasteiger partial charge in [0.2, 0.25) is 5.91 Å². The lowest BCUT2D eigenvalue weighted by Gasteiger charge is -2.40. The molecule has 4 nitrogen and oxygen atoms in total. The maximum absolute atomic E-state index is 15.6. The summed E-state index contributed by atoms with van der Waals surface area (Å²) in [5, 5.41) is 5.87. The zero-order valence-corrected chi connectivity index (χ0v) is 23.0. The van der Waals surface area contributed by atoms with Crippen LogP contribution in [-0.2, 0) is 10.3 Å². The molecular weight excluding hydrogens is 534 g/mol. The Balaban J connectivity index is 1.92. The van der Waals surface area contributed by atoms with E-state index in [2.05, 4.69) is 10.6 Å². The van der Waals surface area contributed by atoms with Gasteiger partial charge in [0.15, 0.2) is 0 Å². The van der Waals surface area contributed by atoms with E-state index in [9.17, 15) is 9.18 Å². The van der Waals surface area contributed by atoms with E-state index < -0.39 is 46.9 Å². The first kappa shape index (κ1) is 28.4. The quantitative estimate of drug-likeness (QED) is 0.311. The number of benzene rings is 3. The summed E-state index contributed by atoms with van der Waals surface area (Å²) in [7, 11) is 0. The lowest BCUT2D eigenvalue weighted by molar-refractivity contribution is -0.118. The second-order valence-corrected chi connectivity index (χ2v) is 12.0. The second kappa shape index (κ2) is 10.5. The molecule has 3 aromatic rings. The van der Waals surface area contributed by atoms with Gasteiger partial charge in [-0.2, -0.15) is 0 Å². The van der Waals surface area contributed by atoms with E-state index in [-0.39, 0.29) is 32.3 Å². The van der Waals surface area contributed by atoms with Gasteiger partial charge in [0.25, 0.3) is 0 Å². The van der Waals surface area contributed by atoms with Crippen molar-refractivity contribution < 1.29 is 18.0 Å². The highest BCUT2D eigenvalue weighted by Gasteiger charge is 2.58. The smallest absolute Gasteiger partial charge is 0.242 e. The Labute approximate surface area is 230 Å². The maximum Gasteiger partial charge on any atom is 0.242 e. The van der Waals surface area contributed by atoms with Crippen LogP contribution in [0.4, 0.5) is 18.9 Å². The number of nitrogens with two attached hydrogens (primary N) is 1. The van der Waals surface area contributed by atoms with Gasteiger partial charge in [-0.05, 0) is 60.2 Å². The zero-order valence-electron chi connectivity index (χ0n) is 21.5. The van der Waals surface area contributed by atoms with Crippen molar-refractivity contribution in [1.82, 2.24) is 5.32 Å². The Kier molecular flexibility index (Phi) is 7.88. The van der Waals surface area contributed by atoms with Gasteiger partial charge in [0.05, 0.1) is 22.3 Å². The van der Waals surface area contributed by atoms with Crippen molar-refractivity contribution in [2.75, 3.05) is 5.32 Å². The second-order valence-electron chi connectivity index (χ2n) is 11.1. The predicted octanol–water partition coefficient (Wildman–Crippen LogP) is 7.07. The van der Waals surface area contributed by atoms with Crippen LogP contribution in [0.3, 0.4) is 0 Å². The highest BCUT2D eigenvalue weighted by atomic mass is 35.5. The van der Waals surface area contributed by atoms with E-state index in [0.29, 0.717) is 12.0 Å². The molecule has 0 aromatic heterocycles. The van der Waals surface area contributed by atoms with Crippen molar-refractivity contribution in [3.8, 4) is 0 Å². The Bertz CT molecular complexity index is 1380. The fourth-order valence-electron chi connectivity index (χ4n) is 5.34. The topological polar surface area (TPSA) is 67.2 Å². The number of aryl methyl sites for hydroxylation is 1. The van der Waals surface area contributed by atoms with Crippen molar-refractivity contribution in [1.29, 1.82) is 0 Å². The maximum atomic E-state index is 15.6. The lowest BCUT2D eigenvalue weighted by Crippen LogP contribution is -2.52. The van der Waals surface area contributed by atoms with Crippen LogP contribution >= 0.6 is 23.2 Å². The molecule has 0 aliphatic carbocycles. The Morgan fingerprint density at radius 3 is 2.39 bits per heavy atom. The number of halogens is 5. The molecule has 1 saturated heterocycles. The van der Waals surface area contributed by atoms with Gasteiger partial charge in [-0.25, -0.2) is 13.2 Å². The molecule has 3 aromatic carbocycles. The van der Waals surface area contributed by atoms with Gasteiger partial charge in [-0.1, -0.05) is 68.2 Å². The molecule has 1 fully saturated rings. The first-order valence-electron chi connectivity index (χ1n) is 12.2. The third kappa shape index (κ3) is 5.43. The van der Waals surface area contributed by atoms with E-state index in [4.69, 9.17) is 28.9 Å². The van der Waals surface area contributed by atoms with E-state index in [0.717, 1.165) is 6.07 Å². The molecule has 9 heteroatoms. The zero-order chi connectivity index (χ0) is 28.0. The molecule has 38 heavy (non-hydrogen) atoms. The van der Waals surface area contributed by atoms with Crippen LogP contribution in [0.2, 0.25) is 10.0 Å². The molecule has 1 aliphatic rings. The number of hydrogen-bond acceptors (Lipinski definition) is 3. The summed E-state index contributed by atoms with van der Waals surface area (Å²) < 4.78 is 45.8. The van der Waals surface area contributed by atoms with Crippen LogP contribution in [-0.4, -0.2) is 18.0 Å². The van der Waals surface area contributed by atoms with Gasteiger partial charge in [-0.3, -0.25) is 4.79 Å². The highest BCUT2D eigenvalue weighted by molar-refractivity contribution is 6.31. The van der Waals surface area contributed by atoms with Gasteiger partial charge in [-0.15, -0.1) is 0 Å². The van der Waals surface area contributed by atoms with Crippen molar-refractivity contribution in [3.63, 3.8) is 0 Å². The lowest BCUT2D eigenvalue weighted by atomic mass is 9.68. The molecule has 0 saturated carbocycles. The molecule has 0 radical (unpaired) electrons. The number of amides is 1. The van der Waals surface area contributed by atoms with Crippen LogP contribution in [0, 0.1) is 29.8 Å². The first-order valence-corrected chi connectivity index (χ1v) is 13.0. The van der Waals surface area contributed by atoms with Gasteiger partial charge in [0, 0.05) is 22.5 Å². The molecule has 202 valence electrons. The van der Waals surface area contributed by atoms with Crippen molar-refractivity contribution in [2.24, 2.45) is 11.1 Å². The minimum atomic E-state index is -1.61. The van der Waals surface area contributed by atoms with Crippen molar-refractivity contribution >= 4 is 34.8 Å². The normalized spacial score (nSPS) is 23.5. The van der Waals surface area contributed by atoms with Crippen LogP contribution < -0.4 is 16.4 Å². The standard InChI is InChI=1S/C29H30Cl2F3N3O/c1-15-8-11-22(21(33)12-15)36-27(38)26-24(17-6-5-7-19(31)25(17)34)29(35,23(37-26)14-28(2,3)4)18-10-9-16(30)13-20(18)32/h5-13,23-24,26,37H,14,35H2,1-4H3,(H,36,38). The third-order valence-electron chi connectivity index (χ3n) is 7.00. The van der Waals surface area contributed by atoms with E-state index >= 15 is 8.78 Å².